The zero-order chi connectivity index (χ0) is 23.9. The molecule has 1 aliphatic heterocycles. The highest BCUT2D eigenvalue weighted by atomic mass is 32.2. The molecule has 2 aromatic heterocycles. The Labute approximate surface area is 201 Å². The zero-order valence-electron chi connectivity index (χ0n) is 18.7. The van der Waals surface area contributed by atoms with Crippen LogP contribution >= 0.6 is 11.3 Å². The van der Waals surface area contributed by atoms with Gasteiger partial charge in [-0.15, -0.1) is 11.3 Å². The van der Waals surface area contributed by atoms with Gasteiger partial charge in [-0.05, 0) is 36.8 Å². The van der Waals surface area contributed by atoms with Crippen LogP contribution in [0.3, 0.4) is 0 Å². The number of rotatable bonds is 6. The molecular formula is C22H25N5O5S2. The molecule has 0 saturated carbocycles. The van der Waals surface area contributed by atoms with Crippen molar-refractivity contribution in [3.8, 4) is 0 Å². The van der Waals surface area contributed by atoms with Gasteiger partial charge in [0, 0.05) is 30.1 Å². The van der Waals surface area contributed by atoms with Gasteiger partial charge in [-0.3, -0.25) is 19.7 Å². The molecule has 1 fully saturated rings. The Balaban J connectivity index is 1.57. The van der Waals surface area contributed by atoms with E-state index in [-0.39, 0.29) is 16.4 Å². The first-order chi connectivity index (χ1) is 16.3. The standard InChI is InChI=1S/C22H25N5O5S2/c1-14-5-6-17-18(11-14)33-22-20(17)21(23-19(24-22)13-26-7-9-32-10-8-26)25-34(30,31)16-4-2-3-15(12-16)27(28)29/h2-4,12,14H,5-11,13H2,1H3,(H,23,24,25)/t14-/m1/s1. The predicted molar refractivity (Wildman–Crippen MR) is 129 cm³/mol. The number of ether oxygens (including phenoxy) is 1. The van der Waals surface area contributed by atoms with Crippen molar-refractivity contribution in [1.29, 1.82) is 0 Å². The Bertz CT molecular complexity index is 1350. The fourth-order valence-corrected chi connectivity index (χ4v) is 6.90. The van der Waals surface area contributed by atoms with E-state index in [1.165, 1.54) is 23.1 Å². The number of non-ortho nitro benzene ring substituents is 1. The SMILES string of the molecule is C[C@@H]1CCc2c(sc3nc(CN4CCOCC4)nc(NS(=O)(=O)c4cccc([N+](=O)[O-])c4)c23)C1. The summed E-state index contributed by atoms with van der Waals surface area (Å²) in [6.45, 7) is 5.50. The highest BCUT2D eigenvalue weighted by molar-refractivity contribution is 7.92. The van der Waals surface area contributed by atoms with E-state index in [4.69, 9.17) is 9.72 Å². The molecule has 0 radical (unpaired) electrons. The second kappa shape index (κ2) is 9.17. The number of aromatic nitrogens is 2. The molecule has 5 rings (SSSR count). The Morgan fingerprint density at radius 1 is 1.29 bits per heavy atom. The first-order valence-electron chi connectivity index (χ1n) is 11.2. The molecule has 0 bridgehead atoms. The van der Waals surface area contributed by atoms with Gasteiger partial charge in [0.05, 0.1) is 35.0 Å². The van der Waals surface area contributed by atoms with Crippen molar-refractivity contribution in [1.82, 2.24) is 14.9 Å². The molecule has 1 atom stereocenters. The summed E-state index contributed by atoms with van der Waals surface area (Å²) in [5.41, 5.74) is 0.818. The number of aryl methyl sites for hydroxylation is 1. The number of morpholine rings is 1. The van der Waals surface area contributed by atoms with Crippen LogP contribution in [-0.2, 0) is 34.1 Å². The molecule has 0 spiro atoms. The van der Waals surface area contributed by atoms with Gasteiger partial charge in [-0.2, -0.15) is 0 Å². The van der Waals surface area contributed by atoms with E-state index < -0.39 is 14.9 Å². The number of nitro benzene ring substituents is 1. The van der Waals surface area contributed by atoms with E-state index in [1.807, 2.05) is 0 Å². The first kappa shape index (κ1) is 23.1. The average molecular weight is 504 g/mol. The maximum Gasteiger partial charge on any atom is 0.270 e. The predicted octanol–water partition coefficient (Wildman–Crippen LogP) is 3.36. The lowest BCUT2D eigenvalue weighted by molar-refractivity contribution is -0.385. The summed E-state index contributed by atoms with van der Waals surface area (Å²) in [6, 6.07) is 5.02. The molecule has 1 aliphatic carbocycles. The Hall–Kier alpha value is -2.67. The molecular weight excluding hydrogens is 478 g/mol. The third-order valence-electron chi connectivity index (χ3n) is 6.24. The third kappa shape index (κ3) is 4.63. The lowest BCUT2D eigenvalue weighted by atomic mass is 9.89. The Morgan fingerprint density at radius 3 is 2.85 bits per heavy atom. The summed E-state index contributed by atoms with van der Waals surface area (Å²) in [7, 11) is -4.10. The van der Waals surface area contributed by atoms with Crippen molar-refractivity contribution < 1.29 is 18.1 Å². The summed E-state index contributed by atoms with van der Waals surface area (Å²) in [5, 5.41) is 11.9. The number of anilines is 1. The molecule has 1 N–H and O–H groups in total. The number of fused-ring (bicyclic) bond motifs is 3. The van der Waals surface area contributed by atoms with Crippen LogP contribution in [-0.4, -0.2) is 54.5 Å². The molecule has 34 heavy (non-hydrogen) atoms. The van der Waals surface area contributed by atoms with E-state index in [1.54, 1.807) is 11.3 Å². The van der Waals surface area contributed by atoms with Crippen LogP contribution in [0.2, 0.25) is 0 Å². The fourth-order valence-electron chi connectivity index (χ4n) is 4.44. The quantitative estimate of drug-likeness (QED) is 0.401. The molecule has 0 unspecified atom stereocenters. The minimum Gasteiger partial charge on any atom is -0.379 e. The minimum absolute atomic E-state index is 0.180. The lowest BCUT2D eigenvalue weighted by Crippen LogP contribution is -2.36. The number of benzene rings is 1. The van der Waals surface area contributed by atoms with Crippen LogP contribution < -0.4 is 4.72 Å². The van der Waals surface area contributed by atoms with E-state index in [0.29, 0.717) is 31.5 Å². The van der Waals surface area contributed by atoms with Crippen molar-refractivity contribution in [3.63, 3.8) is 0 Å². The molecule has 2 aliphatic rings. The van der Waals surface area contributed by atoms with Crippen LogP contribution in [0.1, 0.15) is 29.6 Å². The number of sulfonamides is 1. The highest BCUT2D eigenvalue weighted by Crippen LogP contribution is 2.40. The Kier molecular flexibility index (Phi) is 6.23. The number of nitrogens with zero attached hydrogens (tertiary/aromatic N) is 4. The van der Waals surface area contributed by atoms with Crippen LogP contribution in [0.25, 0.3) is 10.2 Å². The highest BCUT2D eigenvalue weighted by Gasteiger charge is 2.27. The van der Waals surface area contributed by atoms with Crippen LogP contribution in [0, 0.1) is 16.0 Å². The topological polar surface area (TPSA) is 128 Å². The Morgan fingerprint density at radius 2 is 2.09 bits per heavy atom. The minimum atomic E-state index is -4.10. The molecule has 1 saturated heterocycles. The average Bonchev–Trinajstić information content (AvgIpc) is 3.17. The third-order valence-corrected chi connectivity index (χ3v) is 8.72. The van der Waals surface area contributed by atoms with Crippen molar-refractivity contribution >= 4 is 43.1 Å². The number of nitrogens with one attached hydrogen (secondary N) is 1. The van der Waals surface area contributed by atoms with Gasteiger partial charge in [0.15, 0.2) is 5.82 Å². The largest absolute Gasteiger partial charge is 0.379 e. The number of thiophene rings is 1. The second-order valence-electron chi connectivity index (χ2n) is 8.77. The van der Waals surface area contributed by atoms with Gasteiger partial charge in [0.25, 0.3) is 15.7 Å². The van der Waals surface area contributed by atoms with Gasteiger partial charge >= 0.3 is 0 Å². The zero-order valence-corrected chi connectivity index (χ0v) is 20.3. The molecule has 180 valence electrons. The summed E-state index contributed by atoms with van der Waals surface area (Å²) in [5.74, 6) is 1.34. The summed E-state index contributed by atoms with van der Waals surface area (Å²) in [6.07, 6.45) is 2.80. The van der Waals surface area contributed by atoms with E-state index >= 15 is 0 Å². The van der Waals surface area contributed by atoms with Crippen LogP contribution in [0.15, 0.2) is 29.2 Å². The molecule has 0 amide bonds. The van der Waals surface area contributed by atoms with Gasteiger partial charge in [-0.25, -0.2) is 18.4 Å². The van der Waals surface area contributed by atoms with Gasteiger partial charge < -0.3 is 4.74 Å². The van der Waals surface area contributed by atoms with Crippen molar-refractivity contribution in [2.75, 3.05) is 31.0 Å². The normalized spacial score (nSPS) is 19.1. The fraction of sp³-hybridized carbons (Fsp3) is 0.455. The molecule has 3 aromatic rings. The van der Waals surface area contributed by atoms with E-state index in [9.17, 15) is 18.5 Å². The lowest BCUT2D eigenvalue weighted by Gasteiger charge is -2.25. The number of nitro groups is 1. The maximum atomic E-state index is 13.2. The van der Waals surface area contributed by atoms with Crippen molar-refractivity contribution in [2.45, 2.75) is 37.6 Å². The van der Waals surface area contributed by atoms with Gasteiger partial charge in [0.1, 0.15) is 10.7 Å². The van der Waals surface area contributed by atoms with Crippen molar-refractivity contribution in [3.05, 3.63) is 50.6 Å². The number of hydrogen-bond donors (Lipinski definition) is 1. The van der Waals surface area contributed by atoms with E-state index in [2.05, 4.69) is 21.5 Å². The molecule has 3 heterocycles. The van der Waals surface area contributed by atoms with Crippen molar-refractivity contribution in [2.24, 2.45) is 5.92 Å². The smallest absolute Gasteiger partial charge is 0.270 e. The summed E-state index contributed by atoms with van der Waals surface area (Å²) in [4.78, 5) is 24.0. The van der Waals surface area contributed by atoms with Gasteiger partial charge in [0.2, 0.25) is 0 Å². The summed E-state index contributed by atoms with van der Waals surface area (Å²) >= 11 is 1.60. The molecule has 10 nitrogen and oxygen atoms in total. The molecule has 12 heteroatoms. The molecule has 1 aromatic carbocycles. The number of hydrogen-bond acceptors (Lipinski definition) is 9. The van der Waals surface area contributed by atoms with Gasteiger partial charge in [-0.1, -0.05) is 13.0 Å². The van der Waals surface area contributed by atoms with Crippen LogP contribution in [0.4, 0.5) is 11.5 Å². The maximum absolute atomic E-state index is 13.2. The summed E-state index contributed by atoms with van der Waals surface area (Å²) < 4.78 is 34.5. The van der Waals surface area contributed by atoms with Crippen LogP contribution in [0.5, 0.6) is 0 Å². The second-order valence-corrected chi connectivity index (χ2v) is 11.5. The van der Waals surface area contributed by atoms with E-state index in [0.717, 1.165) is 54.2 Å². The monoisotopic (exact) mass is 503 g/mol. The first-order valence-corrected chi connectivity index (χ1v) is 13.5.